The van der Waals surface area contributed by atoms with Gasteiger partial charge in [0.1, 0.15) is 0 Å². The number of sulfone groups is 1. The second-order valence-corrected chi connectivity index (χ2v) is 6.74. The number of nitrogens with zero attached hydrogens (tertiary/aromatic N) is 3. The van der Waals surface area contributed by atoms with Gasteiger partial charge >= 0.3 is 0 Å². The van der Waals surface area contributed by atoms with Crippen molar-refractivity contribution < 1.29 is 8.42 Å². The van der Waals surface area contributed by atoms with E-state index in [0.29, 0.717) is 11.4 Å². The summed E-state index contributed by atoms with van der Waals surface area (Å²) < 4.78 is 24.9. The van der Waals surface area contributed by atoms with Crippen LogP contribution in [0.5, 0.6) is 0 Å². The summed E-state index contributed by atoms with van der Waals surface area (Å²) in [7, 11) is -3.44. The lowest BCUT2D eigenvalue weighted by atomic mass is 9.99. The molecule has 1 aromatic carbocycles. The number of aryl methyl sites for hydroxylation is 1. The molecule has 0 spiro atoms. The predicted molar refractivity (Wildman–Crippen MR) is 77.7 cm³/mol. The number of benzene rings is 1. The van der Waals surface area contributed by atoms with Gasteiger partial charge < -0.3 is 0 Å². The Labute approximate surface area is 117 Å². The molecule has 0 N–H and O–H groups in total. The standard InChI is InChI=1S/C14H13N3O2S/c1-9-4-5-12-10(2)13-15-16-14(20(3,18)19)17(13)7-6-11(12)8-9/h4-8H,2H2,1,3H3. The van der Waals surface area contributed by atoms with Gasteiger partial charge in [-0.05, 0) is 24.1 Å². The molecule has 0 amide bonds. The van der Waals surface area contributed by atoms with Crippen molar-refractivity contribution in [2.75, 3.05) is 6.26 Å². The first-order chi connectivity index (χ1) is 9.38. The van der Waals surface area contributed by atoms with Gasteiger partial charge in [-0.3, -0.25) is 4.57 Å². The van der Waals surface area contributed by atoms with Gasteiger partial charge in [-0.1, -0.05) is 30.3 Å². The minimum Gasteiger partial charge on any atom is -0.273 e. The molecule has 0 saturated carbocycles. The van der Waals surface area contributed by atoms with Crippen molar-refractivity contribution >= 4 is 27.7 Å². The molecule has 1 aromatic heterocycles. The average molecular weight is 287 g/mol. The van der Waals surface area contributed by atoms with Gasteiger partial charge in [0.05, 0.1) is 0 Å². The van der Waals surface area contributed by atoms with Crippen molar-refractivity contribution in [3.8, 4) is 0 Å². The summed E-state index contributed by atoms with van der Waals surface area (Å²) in [5, 5.41) is 7.66. The third-order valence-electron chi connectivity index (χ3n) is 3.20. The fourth-order valence-electron chi connectivity index (χ4n) is 2.24. The Morgan fingerprint density at radius 3 is 2.70 bits per heavy atom. The molecule has 0 atom stereocenters. The summed E-state index contributed by atoms with van der Waals surface area (Å²) in [5.41, 5.74) is 3.70. The fraction of sp³-hybridized carbons (Fsp3) is 0.143. The lowest BCUT2D eigenvalue weighted by molar-refractivity contribution is 0.590. The van der Waals surface area contributed by atoms with E-state index in [-0.39, 0.29) is 5.16 Å². The van der Waals surface area contributed by atoms with Crippen molar-refractivity contribution in [1.29, 1.82) is 0 Å². The van der Waals surface area contributed by atoms with E-state index in [1.807, 2.05) is 31.2 Å². The van der Waals surface area contributed by atoms with Crippen molar-refractivity contribution in [3.63, 3.8) is 0 Å². The zero-order chi connectivity index (χ0) is 14.5. The first-order valence-corrected chi connectivity index (χ1v) is 7.90. The number of hydrogen-bond acceptors (Lipinski definition) is 4. The summed E-state index contributed by atoms with van der Waals surface area (Å²) in [5.74, 6) is 0.448. The van der Waals surface area contributed by atoms with Crippen LogP contribution in [-0.2, 0) is 9.84 Å². The largest absolute Gasteiger partial charge is 0.273 e. The number of aromatic nitrogens is 3. The molecule has 0 fully saturated rings. The monoisotopic (exact) mass is 287 g/mol. The second-order valence-electron chi connectivity index (χ2n) is 4.83. The van der Waals surface area contributed by atoms with E-state index in [1.165, 1.54) is 4.57 Å². The summed E-state index contributed by atoms with van der Waals surface area (Å²) >= 11 is 0. The van der Waals surface area contributed by atoms with Crippen molar-refractivity contribution in [1.82, 2.24) is 14.8 Å². The van der Waals surface area contributed by atoms with Crippen LogP contribution in [0.25, 0.3) is 17.8 Å². The Morgan fingerprint density at radius 1 is 1.25 bits per heavy atom. The molecule has 2 heterocycles. The highest BCUT2D eigenvalue weighted by Crippen LogP contribution is 2.30. The minimum absolute atomic E-state index is 0.0746. The lowest BCUT2D eigenvalue weighted by Gasteiger charge is -2.06. The molecule has 2 aromatic rings. The molecule has 102 valence electrons. The normalized spacial score (nSPS) is 13.8. The van der Waals surface area contributed by atoms with Crippen LogP contribution in [0, 0.1) is 6.92 Å². The molecule has 1 aliphatic rings. The zero-order valence-corrected chi connectivity index (χ0v) is 12.0. The maximum Gasteiger partial charge on any atom is 0.253 e. The highest BCUT2D eigenvalue weighted by Gasteiger charge is 2.23. The molecule has 0 saturated heterocycles. The maximum atomic E-state index is 11.7. The number of rotatable bonds is 1. The fourth-order valence-corrected chi connectivity index (χ4v) is 2.93. The van der Waals surface area contributed by atoms with Gasteiger partial charge in [-0.2, -0.15) is 0 Å². The molecular weight excluding hydrogens is 274 g/mol. The lowest BCUT2D eigenvalue weighted by Crippen LogP contribution is -2.06. The Bertz CT molecular complexity index is 861. The first kappa shape index (κ1) is 12.8. The third-order valence-corrected chi connectivity index (χ3v) is 4.14. The van der Waals surface area contributed by atoms with Crippen LogP contribution in [0.15, 0.2) is 29.9 Å². The molecule has 1 aliphatic heterocycles. The Morgan fingerprint density at radius 2 is 2.00 bits per heavy atom. The molecular formula is C14H13N3O2S. The Hall–Kier alpha value is -2.21. The molecule has 0 unspecified atom stereocenters. The van der Waals surface area contributed by atoms with Gasteiger partial charge in [0.2, 0.25) is 9.84 Å². The average Bonchev–Trinajstić information content (AvgIpc) is 2.74. The van der Waals surface area contributed by atoms with Gasteiger partial charge in [0, 0.05) is 18.0 Å². The van der Waals surface area contributed by atoms with Crippen molar-refractivity contribution in [3.05, 3.63) is 47.3 Å². The van der Waals surface area contributed by atoms with E-state index in [1.54, 1.807) is 6.20 Å². The van der Waals surface area contributed by atoms with E-state index in [4.69, 9.17) is 0 Å². The van der Waals surface area contributed by atoms with E-state index in [2.05, 4.69) is 16.8 Å². The minimum atomic E-state index is -3.44. The van der Waals surface area contributed by atoms with E-state index in [0.717, 1.165) is 22.9 Å². The summed E-state index contributed by atoms with van der Waals surface area (Å²) in [6, 6.07) is 5.97. The van der Waals surface area contributed by atoms with Crippen LogP contribution < -0.4 is 0 Å². The van der Waals surface area contributed by atoms with Crippen LogP contribution in [0.1, 0.15) is 22.5 Å². The Kier molecular flexibility index (Phi) is 2.65. The first-order valence-electron chi connectivity index (χ1n) is 6.01. The van der Waals surface area contributed by atoms with E-state index >= 15 is 0 Å². The van der Waals surface area contributed by atoms with E-state index in [9.17, 15) is 8.42 Å². The van der Waals surface area contributed by atoms with Crippen molar-refractivity contribution in [2.45, 2.75) is 12.1 Å². The van der Waals surface area contributed by atoms with Gasteiger partial charge in [-0.15, -0.1) is 10.2 Å². The summed E-state index contributed by atoms with van der Waals surface area (Å²) in [4.78, 5) is 0. The molecule has 3 rings (SSSR count). The summed E-state index contributed by atoms with van der Waals surface area (Å²) in [6.45, 7) is 6.03. The van der Waals surface area contributed by atoms with Crippen molar-refractivity contribution in [2.24, 2.45) is 0 Å². The van der Waals surface area contributed by atoms with Gasteiger partial charge in [0.25, 0.3) is 5.16 Å². The SMILES string of the molecule is C=C1c2ccc(C)cc2C=Cn2c1nnc2S(C)(=O)=O. The van der Waals surface area contributed by atoms with Crippen LogP contribution in [-0.4, -0.2) is 29.4 Å². The highest BCUT2D eigenvalue weighted by molar-refractivity contribution is 7.90. The smallest absolute Gasteiger partial charge is 0.253 e. The topological polar surface area (TPSA) is 64.8 Å². The second kappa shape index (κ2) is 4.14. The quantitative estimate of drug-likeness (QED) is 0.686. The zero-order valence-electron chi connectivity index (χ0n) is 11.2. The van der Waals surface area contributed by atoms with Crippen LogP contribution >= 0.6 is 0 Å². The molecule has 0 bridgehead atoms. The van der Waals surface area contributed by atoms with Gasteiger partial charge in [-0.25, -0.2) is 8.42 Å². The van der Waals surface area contributed by atoms with Crippen LogP contribution in [0.3, 0.4) is 0 Å². The number of fused-ring (bicyclic) bond motifs is 2. The predicted octanol–water partition coefficient (Wildman–Crippen LogP) is 1.99. The summed E-state index contributed by atoms with van der Waals surface area (Å²) in [6.07, 6.45) is 4.63. The molecule has 20 heavy (non-hydrogen) atoms. The molecule has 5 nitrogen and oxygen atoms in total. The molecule has 0 radical (unpaired) electrons. The van der Waals surface area contributed by atoms with Crippen LogP contribution in [0.4, 0.5) is 0 Å². The third kappa shape index (κ3) is 1.89. The van der Waals surface area contributed by atoms with E-state index < -0.39 is 9.84 Å². The van der Waals surface area contributed by atoms with Crippen LogP contribution in [0.2, 0.25) is 0 Å². The van der Waals surface area contributed by atoms with Gasteiger partial charge in [0.15, 0.2) is 5.82 Å². The maximum absolute atomic E-state index is 11.7. The molecule has 6 heteroatoms. The Balaban J connectivity index is 2.29. The highest BCUT2D eigenvalue weighted by atomic mass is 32.2. The number of hydrogen-bond donors (Lipinski definition) is 0. The molecule has 0 aliphatic carbocycles.